The molecule has 4 aromatic rings. The van der Waals surface area contributed by atoms with Crippen LogP contribution in [0.25, 0.3) is 0 Å². The van der Waals surface area contributed by atoms with Gasteiger partial charge in [-0.15, -0.1) is 0 Å². The summed E-state index contributed by atoms with van der Waals surface area (Å²) in [5.74, 6) is -0.949. The summed E-state index contributed by atoms with van der Waals surface area (Å²) in [6.07, 6.45) is 0.873. The molecule has 2 atom stereocenters. The number of anilines is 1. The van der Waals surface area contributed by atoms with Gasteiger partial charge in [0.2, 0.25) is 11.8 Å². The van der Waals surface area contributed by atoms with Crippen molar-refractivity contribution < 1.29 is 18.0 Å². The number of nitrogens with one attached hydrogen (secondary N) is 1. The third kappa shape index (κ3) is 9.08. The SMILES string of the molecule is CC[C@@H](C)NC(=O)[C@@H](Cc1ccccc1)N(Cc1ccc(Cl)c(Cl)c1)C(=O)CN(c1cccc(Cl)c1C)S(=O)(=O)c1ccc(C)cc1. The number of hydrogen-bond acceptors (Lipinski definition) is 4. The van der Waals surface area contributed by atoms with Gasteiger partial charge in [0.25, 0.3) is 10.0 Å². The van der Waals surface area contributed by atoms with Crippen molar-refractivity contribution in [1.29, 1.82) is 0 Å². The molecule has 2 amide bonds. The largest absolute Gasteiger partial charge is 0.352 e. The molecule has 0 spiro atoms. The van der Waals surface area contributed by atoms with Crippen molar-refractivity contribution in [2.75, 3.05) is 10.8 Å². The minimum Gasteiger partial charge on any atom is -0.352 e. The van der Waals surface area contributed by atoms with Crippen LogP contribution < -0.4 is 9.62 Å². The number of hydrogen-bond donors (Lipinski definition) is 1. The van der Waals surface area contributed by atoms with E-state index in [2.05, 4.69) is 5.32 Å². The second-order valence-electron chi connectivity index (χ2n) is 11.5. The first-order valence-corrected chi connectivity index (χ1v) is 17.8. The lowest BCUT2D eigenvalue weighted by Gasteiger charge is -2.34. The van der Waals surface area contributed by atoms with Crippen LogP contribution >= 0.6 is 34.8 Å². The van der Waals surface area contributed by atoms with Gasteiger partial charge >= 0.3 is 0 Å². The summed E-state index contributed by atoms with van der Waals surface area (Å²) in [6.45, 7) is 6.77. The standard InChI is InChI=1S/C36H38Cl3N3O4S/c1-5-25(3)40-36(44)34(21-27-10-7-6-8-11-27)41(22-28-16-19-31(38)32(39)20-28)35(43)23-42(33-13-9-12-30(37)26(33)4)47(45,46)29-17-14-24(2)15-18-29/h6-20,25,34H,5,21-23H2,1-4H3,(H,40,44)/t25-,34-/m1/s1. The lowest BCUT2D eigenvalue weighted by Crippen LogP contribution is -2.54. The molecule has 0 aromatic heterocycles. The molecule has 0 unspecified atom stereocenters. The third-order valence-electron chi connectivity index (χ3n) is 8.00. The molecule has 7 nitrogen and oxygen atoms in total. The molecule has 248 valence electrons. The molecule has 0 fully saturated rings. The lowest BCUT2D eigenvalue weighted by atomic mass is 10.0. The van der Waals surface area contributed by atoms with Gasteiger partial charge in [-0.2, -0.15) is 0 Å². The van der Waals surface area contributed by atoms with Crippen molar-refractivity contribution in [2.24, 2.45) is 0 Å². The van der Waals surface area contributed by atoms with Crippen LogP contribution in [0.1, 0.15) is 42.5 Å². The first-order chi connectivity index (χ1) is 22.3. The molecule has 0 aliphatic rings. The Bertz CT molecular complexity index is 1820. The highest BCUT2D eigenvalue weighted by atomic mass is 35.5. The fraction of sp³-hybridized carbons (Fsp3) is 0.278. The van der Waals surface area contributed by atoms with E-state index >= 15 is 0 Å². The van der Waals surface area contributed by atoms with Gasteiger partial charge in [0.1, 0.15) is 12.6 Å². The van der Waals surface area contributed by atoms with Gasteiger partial charge in [-0.3, -0.25) is 13.9 Å². The van der Waals surface area contributed by atoms with Crippen molar-refractivity contribution in [2.45, 2.75) is 64.1 Å². The third-order valence-corrected chi connectivity index (χ3v) is 10.9. The van der Waals surface area contributed by atoms with Crippen LogP contribution in [0.3, 0.4) is 0 Å². The zero-order valence-corrected chi connectivity index (χ0v) is 29.8. The fourth-order valence-electron chi connectivity index (χ4n) is 5.05. The van der Waals surface area contributed by atoms with E-state index in [9.17, 15) is 18.0 Å². The second kappa shape index (κ2) is 16.0. The Morgan fingerprint density at radius 3 is 2.13 bits per heavy atom. The Morgan fingerprint density at radius 1 is 0.809 bits per heavy atom. The van der Waals surface area contributed by atoms with Crippen LogP contribution in [-0.4, -0.2) is 43.8 Å². The summed E-state index contributed by atoms with van der Waals surface area (Å²) in [6, 6.07) is 24.5. The Morgan fingerprint density at radius 2 is 1.49 bits per heavy atom. The highest BCUT2D eigenvalue weighted by molar-refractivity contribution is 7.92. The van der Waals surface area contributed by atoms with Crippen LogP contribution in [0.4, 0.5) is 5.69 Å². The summed E-state index contributed by atoms with van der Waals surface area (Å²) < 4.78 is 29.6. The predicted molar refractivity (Wildman–Crippen MR) is 191 cm³/mol. The topological polar surface area (TPSA) is 86.8 Å². The minimum atomic E-state index is -4.26. The highest BCUT2D eigenvalue weighted by Gasteiger charge is 2.35. The van der Waals surface area contributed by atoms with Crippen LogP contribution in [0.15, 0.2) is 95.9 Å². The van der Waals surface area contributed by atoms with Crippen molar-refractivity contribution >= 4 is 62.3 Å². The smallest absolute Gasteiger partial charge is 0.264 e. The van der Waals surface area contributed by atoms with Gasteiger partial charge in [-0.1, -0.05) is 102 Å². The summed E-state index contributed by atoms with van der Waals surface area (Å²) in [5.41, 5.74) is 3.08. The fourth-order valence-corrected chi connectivity index (χ4v) is 7.01. The van der Waals surface area contributed by atoms with Gasteiger partial charge in [-0.25, -0.2) is 8.42 Å². The Labute approximate surface area is 292 Å². The van der Waals surface area contributed by atoms with E-state index in [0.29, 0.717) is 32.6 Å². The quantitative estimate of drug-likeness (QED) is 0.152. The number of carbonyl (C=O) groups excluding carboxylic acids is 2. The molecule has 0 radical (unpaired) electrons. The molecule has 4 aromatic carbocycles. The van der Waals surface area contributed by atoms with Crippen LogP contribution in [-0.2, 0) is 32.6 Å². The molecular formula is C36H38Cl3N3O4S. The average molecular weight is 715 g/mol. The number of benzene rings is 4. The summed E-state index contributed by atoms with van der Waals surface area (Å²) >= 11 is 19.0. The number of carbonyl (C=O) groups is 2. The number of halogens is 3. The molecule has 0 saturated carbocycles. The number of sulfonamides is 1. The zero-order chi connectivity index (χ0) is 34.3. The number of nitrogens with zero attached hydrogens (tertiary/aromatic N) is 2. The van der Waals surface area contributed by atoms with Gasteiger partial charge in [-0.05, 0) is 80.3 Å². The van der Waals surface area contributed by atoms with Crippen molar-refractivity contribution in [1.82, 2.24) is 10.2 Å². The molecule has 0 heterocycles. The first-order valence-electron chi connectivity index (χ1n) is 15.2. The van der Waals surface area contributed by atoms with Crippen LogP contribution in [0.2, 0.25) is 15.1 Å². The number of rotatable bonds is 13. The van der Waals surface area contributed by atoms with E-state index in [0.717, 1.165) is 15.4 Å². The van der Waals surface area contributed by atoms with Gasteiger partial charge < -0.3 is 10.2 Å². The van der Waals surface area contributed by atoms with Gasteiger partial charge in [0.15, 0.2) is 0 Å². The average Bonchev–Trinajstić information content (AvgIpc) is 3.05. The van der Waals surface area contributed by atoms with Gasteiger partial charge in [0, 0.05) is 24.0 Å². The molecule has 4 rings (SSSR count). The number of amides is 2. The van der Waals surface area contributed by atoms with Crippen molar-refractivity contribution in [3.8, 4) is 0 Å². The van der Waals surface area contributed by atoms with Gasteiger partial charge in [0.05, 0.1) is 20.6 Å². The Kier molecular flexibility index (Phi) is 12.4. The molecule has 47 heavy (non-hydrogen) atoms. The summed E-state index contributed by atoms with van der Waals surface area (Å²) in [5, 5.41) is 4.01. The Balaban J connectivity index is 1.85. The molecule has 0 bridgehead atoms. The zero-order valence-electron chi connectivity index (χ0n) is 26.7. The van der Waals surface area contributed by atoms with Crippen molar-refractivity contribution in [3.63, 3.8) is 0 Å². The molecular weight excluding hydrogens is 677 g/mol. The van der Waals surface area contributed by atoms with E-state index < -0.39 is 28.5 Å². The number of aryl methyl sites for hydroxylation is 1. The monoisotopic (exact) mass is 713 g/mol. The van der Waals surface area contributed by atoms with Crippen molar-refractivity contribution in [3.05, 3.63) is 128 Å². The molecule has 11 heteroatoms. The highest BCUT2D eigenvalue weighted by Crippen LogP contribution is 2.32. The molecule has 1 N–H and O–H groups in total. The maximum atomic E-state index is 14.7. The maximum Gasteiger partial charge on any atom is 0.264 e. The molecule has 0 aliphatic heterocycles. The molecule has 0 saturated heterocycles. The van der Waals surface area contributed by atoms with Crippen LogP contribution in [0.5, 0.6) is 0 Å². The van der Waals surface area contributed by atoms with E-state index in [4.69, 9.17) is 34.8 Å². The second-order valence-corrected chi connectivity index (χ2v) is 14.6. The normalized spacial score (nSPS) is 12.7. The van der Waals surface area contributed by atoms with E-state index in [1.807, 2.05) is 51.1 Å². The maximum absolute atomic E-state index is 14.7. The minimum absolute atomic E-state index is 0.0154. The molecule has 0 aliphatic carbocycles. The van der Waals surface area contributed by atoms with E-state index in [1.165, 1.54) is 17.0 Å². The summed E-state index contributed by atoms with van der Waals surface area (Å²) in [4.78, 5) is 30.1. The predicted octanol–water partition coefficient (Wildman–Crippen LogP) is 8.01. The lowest BCUT2D eigenvalue weighted by molar-refractivity contribution is -0.140. The van der Waals surface area contributed by atoms with E-state index in [-0.39, 0.29) is 35.5 Å². The van der Waals surface area contributed by atoms with E-state index in [1.54, 1.807) is 55.5 Å². The Hall–Kier alpha value is -3.56. The summed E-state index contributed by atoms with van der Waals surface area (Å²) in [7, 11) is -4.26. The van der Waals surface area contributed by atoms with Crippen LogP contribution in [0, 0.1) is 13.8 Å². The first kappa shape index (κ1) is 36.3.